The van der Waals surface area contributed by atoms with Crippen molar-refractivity contribution < 1.29 is 9.53 Å². The number of nitrogens with one attached hydrogen (secondary N) is 1. The van der Waals surface area contributed by atoms with Crippen molar-refractivity contribution in [1.82, 2.24) is 9.88 Å². The van der Waals surface area contributed by atoms with Gasteiger partial charge in [-0.05, 0) is 19.1 Å². The van der Waals surface area contributed by atoms with Gasteiger partial charge in [0, 0.05) is 20.1 Å². The Morgan fingerprint density at radius 2 is 2.41 bits per heavy atom. The minimum absolute atomic E-state index is 0.0303. The first-order valence-electron chi connectivity index (χ1n) is 5.76. The smallest absolute Gasteiger partial charge is 0.272 e. The number of aromatic nitrogens is 1. The fourth-order valence-electron chi connectivity index (χ4n) is 1.86. The SMILES string of the molecule is CNc1cccc(C(=O)N2CCOC(C)C2)n1. The summed E-state index contributed by atoms with van der Waals surface area (Å²) >= 11 is 0. The van der Waals surface area contributed by atoms with Gasteiger partial charge in [0.2, 0.25) is 0 Å². The molecule has 5 heteroatoms. The Bertz CT molecular complexity index is 408. The Kier molecular flexibility index (Phi) is 3.58. The van der Waals surface area contributed by atoms with Crippen molar-refractivity contribution in [2.45, 2.75) is 13.0 Å². The van der Waals surface area contributed by atoms with E-state index in [1.165, 1.54) is 0 Å². The van der Waals surface area contributed by atoms with Gasteiger partial charge in [-0.1, -0.05) is 6.07 Å². The van der Waals surface area contributed by atoms with Gasteiger partial charge in [0.1, 0.15) is 11.5 Å². The molecule has 5 nitrogen and oxygen atoms in total. The van der Waals surface area contributed by atoms with Gasteiger partial charge in [0.15, 0.2) is 0 Å². The first-order valence-corrected chi connectivity index (χ1v) is 5.76. The summed E-state index contributed by atoms with van der Waals surface area (Å²) in [6, 6.07) is 5.40. The van der Waals surface area contributed by atoms with Crippen molar-refractivity contribution in [3.63, 3.8) is 0 Å². The number of rotatable bonds is 2. The molecule has 0 aliphatic carbocycles. The van der Waals surface area contributed by atoms with Crippen molar-refractivity contribution in [2.24, 2.45) is 0 Å². The minimum Gasteiger partial charge on any atom is -0.375 e. The molecule has 1 amide bonds. The zero-order chi connectivity index (χ0) is 12.3. The molecule has 1 fully saturated rings. The maximum Gasteiger partial charge on any atom is 0.272 e. The average molecular weight is 235 g/mol. The first kappa shape index (κ1) is 11.9. The molecule has 1 aromatic rings. The van der Waals surface area contributed by atoms with Crippen LogP contribution in [0.1, 0.15) is 17.4 Å². The van der Waals surface area contributed by atoms with Gasteiger partial charge in [-0.2, -0.15) is 0 Å². The molecule has 1 N–H and O–H groups in total. The molecular formula is C12H17N3O2. The van der Waals surface area contributed by atoms with Gasteiger partial charge in [0.25, 0.3) is 5.91 Å². The molecule has 0 radical (unpaired) electrons. The monoisotopic (exact) mass is 235 g/mol. The number of pyridine rings is 1. The van der Waals surface area contributed by atoms with E-state index in [1.54, 1.807) is 18.0 Å². The molecule has 1 atom stereocenters. The zero-order valence-electron chi connectivity index (χ0n) is 10.1. The van der Waals surface area contributed by atoms with Gasteiger partial charge in [0.05, 0.1) is 12.7 Å². The predicted octanol–water partition coefficient (Wildman–Crippen LogP) is 0.984. The van der Waals surface area contributed by atoms with Crippen LogP contribution in [0.25, 0.3) is 0 Å². The lowest BCUT2D eigenvalue weighted by Gasteiger charge is -2.30. The van der Waals surface area contributed by atoms with E-state index in [4.69, 9.17) is 4.74 Å². The zero-order valence-corrected chi connectivity index (χ0v) is 10.1. The maximum atomic E-state index is 12.2. The summed E-state index contributed by atoms with van der Waals surface area (Å²) in [4.78, 5) is 18.2. The van der Waals surface area contributed by atoms with Gasteiger partial charge < -0.3 is 15.0 Å². The van der Waals surface area contributed by atoms with Crippen molar-refractivity contribution in [3.8, 4) is 0 Å². The topological polar surface area (TPSA) is 54.5 Å². The molecule has 1 saturated heterocycles. The average Bonchev–Trinajstić information content (AvgIpc) is 2.38. The fourth-order valence-corrected chi connectivity index (χ4v) is 1.86. The highest BCUT2D eigenvalue weighted by Gasteiger charge is 2.23. The van der Waals surface area contributed by atoms with Crippen LogP contribution in [0.15, 0.2) is 18.2 Å². The molecule has 2 heterocycles. The number of hydrogen-bond acceptors (Lipinski definition) is 4. The molecule has 0 bridgehead atoms. The standard InChI is InChI=1S/C12H17N3O2/c1-9-8-15(6-7-17-9)12(16)10-4-3-5-11(13-2)14-10/h3-5,9H,6-8H2,1-2H3,(H,13,14). The molecule has 0 spiro atoms. The number of hydrogen-bond donors (Lipinski definition) is 1. The molecule has 2 rings (SSSR count). The summed E-state index contributed by atoms with van der Waals surface area (Å²) in [6.45, 7) is 3.83. The summed E-state index contributed by atoms with van der Waals surface area (Å²) in [5.41, 5.74) is 0.478. The van der Waals surface area contributed by atoms with Gasteiger partial charge in [-0.15, -0.1) is 0 Å². The van der Waals surface area contributed by atoms with Crippen molar-refractivity contribution in [2.75, 3.05) is 32.1 Å². The normalized spacial score (nSPS) is 20.1. The molecule has 17 heavy (non-hydrogen) atoms. The van der Waals surface area contributed by atoms with Crippen molar-refractivity contribution in [1.29, 1.82) is 0 Å². The van der Waals surface area contributed by atoms with E-state index in [9.17, 15) is 4.79 Å². The first-order chi connectivity index (χ1) is 8.20. The van der Waals surface area contributed by atoms with Crippen LogP contribution in [0.2, 0.25) is 0 Å². The predicted molar refractivity (Wildman–Crippen MR) is 65.1 cm³/mol. The highest BCUT2D eigenvalue weighted by atomic mass is 16.5. The van der Waals surface area contributed by atoms with Crippen LogP contribution in [0.4, 0.5) is 5.82 Å². The van der Waals surface area contributed by atoms with E-state index in [1.807, 2.05) is 19.1 Å². The molecular weight excluding hydrogens is 218 g/mol. The lowest BCUT2D eigenvalue weighted by molar-refractivity contribution is -0.0126. The highest BCUT2D eigenvalue weighted by Crippen LogP contribution is 2.10. The van der Waals surface area contributed by atoms with Crippen LogP contribution in [-0.4, -0.2) is 48.6 Å². The minimum atomic E-state index is -0.0303. The Hall–Kier alpha value is -1.62. The number of anilines is 1. The third kappa shape index (κ3) is 2.74. The van der Waals surface area contributed by atoms with E-state index in [0.717, 1.165) is 0 Å². The lowest BCUT2D eigenvalue weighted by atomic mass is 10.2. The second-order valence-corrected chi connectivity index (χ2v) is 4.09. The van der Waals surface area contributed by atoms with Crippen LogP contribution in [0.5, 0.6) is 0 Å². The highest BCUT2D eigenvalue weighted by molar-refractivity contribution is 5.92. The summed E-state index contributed by atoms with van der Waals surface area (Å²) in [7, 11) is 1.79. The lowest BCUT2D eigenvalue weighted by Crippen LogP contribution is -2.44. The van der Waals surface area contributed by atoms with E-state index < -0.39 is 0 Å². The third-order valence-electron chi connectivity index (χ3n) is 2.75. The van der Waals surface area contributed by atoms with E-state index in [2.05, 4.69) is 10.3 Å². The van der Waals surface area contributed by atoms with E-state index in [-0.39, 0.29) is 12.0 Å². The van der Waals surface area contributed by atoms with Crippen LogP contribution in [0, 0.1) is 0 Å². The van der Waals surface area contributed by atoms with Crippen LogP contribution >= 0.6 is 0 Å². The number of ether oxygens (including phenoxy) is 1. The molecule has 0 saturated carbocycles. The number of morpholine rings is 1. The Morgan fingerprint density at radius 1 is 1.59 bits per heavy atom. The van der Waals surface area contributed by atoms with E-state index >= 15 is 0 Å². The van der Waals surface area contributed by atoms with Gasteiger partial charge in [-0.3, -0.25) is 4.79 Å². The van der Waals surface area contributed by atoms with Gasteiger partial charge in [-0.25, -0.2) is 4.98 Å². The third-order valence-corrected chi connectivity index (χ3v) is 2.75. The number of carbonyl (C=O) groups is 1. The van der Waals surface area contributed by atoms with Crippen LogP contribution in [0.3, 0.4) is 0 Å². The molecule has 92 valence electrons. The number of nitrogens with zero attached hydrogens (tertiary/aromatic N) is 2. The maximum absolute atomic E-state index is 12.2. The largest absolute Gasteiger partial charge is 0.375 e. The van der Waals surface area contributed by atoms with Crippen molar-refractivity contribution in [3.05, 3.63) is 23.9 Å². The summed E-state index contributed by atoms with van der Waals surface area (Å²) in [5, 5.41) is 2.93. The Balaban J connectivity index is 2.12. The fraction of sp³-hybridized carbons (Fsp3) is 0.500. The Morgan fingerprint density at radius 3 is 3.12 bits per heavy atom. The number of carbonyl (C=O) groups excluding carboxylic acids is 1. The summed E-state index contributed by atoms with van der Waals surface area (Å²) in [5.74, 6) is 0.675. The Labute approximate surface area is 101 Å². The number of amides is 1. The summed E-state index contributed by atoms with van der Waals surface area (Å²) in [6.07, 6.45) is 0.0974. The van der Waals surface area contributed by atoms with Crippen LogP contribution < -0.4 is 5.32 Å². The van der Waals surface area contributed by atoms with Gasteiger partial charge >= 0.3 is 0 Å². The van der Waals surface area contributed by atoms with Crippen LogP contribution in [-0.2, 0) is 4.74 Å². The summed E-state index contributed by atoms with van der Waals surface area (Å²) < 4.78 is 5.41. The molecule has 1 unspecified atom stereocenters. The van der Waals surface area contributed by atoms with E-state index in [0.29, 0.717) is 31.2 Å². The second-order valence-electron chi connectivity index (χ2n) is 4.09. The molecule has 1 aliphatic heterocycles. The quantitative estimate of drug-likeness (QED) is 0.830. The molecule has 0 aromatic carbocycles. The molecule has 1 aliphatic rings. The molecule has 1 aromatic heterocycles. The second kappa shape index (κ2) is 5.14. The van der Waals surface area contributed by atoms with Crippen molar-refractivity contribution >= 4 is 11.7 Å².